The van der Waals surface area contributed by atoms with Gasteiger partial charge in [-0.1, -0.05) is 60.7 Å². The number of ether oxygens (including phenoxy) is 2. The average molecular weight is 433 g/mol. The van der Waals surface area contributed by atoms with Crippen molar-refractivity contribution >= 4 is 34.1 Å². The van der Waals surface area contributed by atoms with Crippen molar-refractivity contribution < 1.29 is 14.3 Å². The third-order valence-electron chi connectivity index (χ3n) is 5.22. The van der Waals surface area contributed by atoms with Crippen LogP contribution in [0.2, 0.25) is 0 Å². The SMILES string of the molecule is CCOC(=O)C1=C(C)NC(=S)NC1c1c(OCc2ccccc2)ccc2ccccc12. The molecule has 1 atom stereocenters. The van der Waals surface area contributed by atoms with Gasteiger partial charge in [0, 0.05) is 11.3 Å². The van der Waals surface area contributed by atoms with E-state index in [9.17, 15) is 4.79 Å². The van der Waals surface area contributed by atoms with Crippen LogP contribution in [0.4, 0.5) is 0 Å². The summed E-state index contributed by atoms with van der Waals surface area (Å²) >= 11 is 5.42. The number of carbonyl (C=O) groups excluding carboxylic acids is 1. The molecule has 0 aliphatic carbocycles. The van der Waals surface area contributed by atoms with E-state index in [1.54, 1.807) is 6.92 Å². The van der Waals surface area contributed by atoms with Gasteiger partial charge in [0.2, 0.25) is 0 Å². The van der Waals surface area contributed by atoms with Crippen LogP contribution in [-0.4, -0.2) is 17.7 Å². The summed E-state index contributed by atoms with van der Waals surface area (Å²) in [7, 11) is 0. The molecule has 2 N–H and O–H groups in total. The molecule has 0 amide bonds. The quantitative estimate of drug-likeness (QED) is 0.432. The first kappa shape index (κ1) is 20.9. The van der Waals surface area contributed by atoms with Crippen LogP contribution >= 0.6 is 12.2 Å². The normalized spacial score (nSPS) is 15.9. The number of carbonyl (C=O) groups is 1. The summed E-state index contributed by atoms with van der Waals surface area (Å²) in [6.07, 6.45) is 0. The Morgan fingerprint density at radius 3 is 2.55 bits per heavy atom. The molecule has 0 saturated carbocycles. The standard InChI is InChI=1S/C25H24N2O3S/c1-3-29-24(28)21-16(2)26-25(31)27-23(21)22-19-12-8-7-11-18(19)13-14-20(22)30-15-17-9-5-4-6-10-17/h4-14,23H,3,15H2,1-2H3,(H2,26,27,31). The summed E-state index contributed by atoms with van der Waals surface area (Å²) in [5, 5.41) is 8.82. The average Bonchev–Trinajstić information content (AvgIpc) is 2.77. The predicted molar refractivity (Wildman–Crippen MR) is 126 cm³/mol. The maximum atomic E-state index is 12.9. The highest BCUT2D eigenvalue weighted by Crippen LogP contribution is 2.39. The molecule has 1 aliphatic heterocycles. The third kappa shape index (κ3) is 4.39. The fourth-order valence-corrected chi connectivity index (χ4v) is 4.10. The van der Waals surface area contributed by atoms with Crippen molar-refractivity contribution in [3.05, 3.63) is 89.1 Å². The zero-order valence-electron chi connectivity index (χ0n) is 17.5. The molecular formula is C25H24N2O3S. The van der Waals surface area contributed by atoms with Crippen LogP contribution in [0.25, 0.3) is 10.8 Å². The lowest BCUT2D eigenvalue weighted by Crippen LogP contribution is -2.45. The second-order valence-corrected chi connectivity index (χ2v) is 7.67. The third-order valence-corrected chi connectivity index (χ3v) is 5.44. The zero-order chi connectivity index (χ0) is 21.8. The lowest BCUT2D eigenvalue weighted by Gasteiger charge is -2.31. The topological polar surface area (TPSA) is 59.6 Å². The number of thiocarbonyl (C=S) groups is 1. The van der Waals surface area contributed by atoms with Gasteiger partial charge in [-0.05, 0) is 48.5 Å². The number of rotatable bonds is 6. The van der Waals surface area contributed by atoms with E-state index in [1.807, 2.05) is 73.7 Å². The fraction of sp³-hybridized carbons (Fsp3) is 0.200. The number of hydrogen-bond donors (Lipinski definition) is 2. The van der Waals surface area contributed by atoms with E-state index >= 15 is 0 Å². The summed E-state index contributed by atoms with van der Waals surface area (Å²) in [6.45, 7) is 4.34. The molecule has 0 fully saturated rings. The van der Waals surface area contributed by atoms with Gasteiger partial charge < -0.3 is 20.1 Å². The molecule has 158 valence electrons. The van der Waals surface area contributed by atoms with Gasteiger partial charge in [0.05, 0.1) is 18.2 Å². The predicted octanol–water partition coefficient (Wildman–Crippen LogP) is 4.77. The molecule has 1 unspecified atom stereocenters. The number of esters is 1. The van der Waals surface area contributed by atoms with Crippen LogP contribution in [0.1, 0.15) is 31.0 Å². The Bertz CT molecular complexity index is 1160. The van der Waals surface area contributed by atoms with Gasteiger partial charge in [-0.15, -0.1) is 0 Å². The molecule has 31 heavy (non-hydrogen) atoms. The van der Waals surface area contributed by atoms with Crippen molar-refractivity contribution in [2.45, 2.75) is 26.5 Å². The highest BCUT2D eigenvalue weighted by Gasteiger charge is 2.34. The second-order valence-electron chi connectivity index (χ2n) is 7.26. The van der Waals surface area contributed by atoms with Crippen LogP contribution < -0.4 is 15.4 Å². The number of nitrogens with one attached hydrogen (secondary N) is 2. The smallest absolute Gasteiger partial charge is 0.338 e. The minimum absolute atomic E-state index is 0.291. The summed E-state index contributed by atoms with van der Waals surface area (Å²) in [5.74, 6) is 0.314. The van der Waals surface area contributed by atoms with E-state index in [-0.39, 0.29) is 5.97 Å². The largest absolute Gasteiger partial charge is 0.489 e. The van der Waals surface area contributed by atoms with Crippen molar-refractivity contribution in [3.8, 4) is 5.75 Å². The number of fused-ring (bicyclic) bond motifs is 1. The minimum Gasteiger partial charge on any atom is -0.489 e. The van der Waals surface area contributed by atoms with Crippen LogP contribution in [-0.2, 0) is 16.1 Å². The molecule has 0 aromatic heterocycles. The Morgan fingerprint density at radius 2 is 1.77 bits per heavy atom. The van der Waals surface area contributed by atoms with Gasteiger partial charge >= 0.3 is 5.97 Å². The summed E-state index contributed by atoms with van der Waals surface area (Å²) in [6, 6.07) is 21.5. The van der Waals surface area contributed by atoms with Crippen molar-refractivity contribution in [1.82, 2.24) is 10.6 Å². The molecule has 4 rings (SSSR count). The molecule has 0 saturated heterocycles. The highest BCUT2D eigenvalue weighted by atomic mass is 32.1. The van der Waals surface area contributed by atoms with E-state index < -0.39 is 6.04 Å². The Hall–Kier alpha value is -3.38. The van der Waals surface area contributed by atoms with Crippen molar-refractivity contribution in [3.63, 3.8) is 0 Å². The summed E-state index contributed by atoms with van der Waals surface area (Å²) < 4.78 is 11.6. The Morgan fingerprint density at radius 1 is 1.03 bits per heavy atom. The molecule has 5 nitrogen and oxygen atoms in total. The molecule has 3 aromatic carbocycles. The minimum atomic E-state index is -0.496. The fourth-order valence-electron chi connectivity index (χ4n) is 3.82. The van der Waals surface area contributed by atoms with Gasteiger partial charge in [0.1, 0.15) is 12.4 Å². The van der Waals surface area contributed by atoms with Crippen molar-refractivity contribution in [1.29, 1.82) is 0 Å². The molecular weight excluding hydrogens is 408 g/mol. The van der Waals surface area contributed by atoms with Crippen LogP contribution in [0.15, 0.2) is 78.0 Å². The zero-order valence-corrected chi connectivity index (χ0v) is 18.3. The van der Waals surface area contributed by atoms with E-state index in [4.69, 9.17) is 21.7 Å². The van der Waals surface area contributed by atoms with E-state index in [0.29, 0.717) is 35.3 Å². The van der Waals surface area contributed by atoms with E-state index in [1.165, 1.54) is 0 Å². The van der Waals surface area contributed by atoms with Crippen LogP contribution in [0, 0.1) is 0 Å². The number of benzene rings is 3. The monoisotopic (exact) mass is 432 g/mol. The number of hydrogen-bond acceptors (Lipinski definition) is 4. The molecule has 1 aliphatic rings. The molecule has 1 heterocycles. The molecule has 0 radical (unpaired) electrons. The second kappa shape index (κ2) is 9.18. The first-order valence-electron chi connectivity index (χ1n) is 10.2. The summed E-state index contributed by atoms with van der Waals surface area (Å²) in [5.41, 5.74) is 3.10. The highest BCUT2D eigenvalue weighted by molar-refractivity contribution is 7.80. The summed E-state index contributed by atoms with van der Waals surface area (Å²) in [4.78, 5) is 12.9. The molecule has 0 bridgehead atoms. The Balaban J connectivity index is 1.84. The van der Waals surface area contributed by atoms with Gasteiger partial charge in [-0.2, -0.15) is 0 Å². The van der Waals surface area contributed by atoms with Gasteiger partial charge in [-0.3, -0.25) is 0 Å². The first-order valence-corrected chi connectivity index (χ1v) is 10.6. The van der Waals surface area contributed by atoms with Gasteiger partial charge in [-0.25, -0.2) is 4.79 Å². The van der Waals surface area contributed by atoms with Crippen LogP contribution in [0.3, 0.4) is 0 Å². The van der Waals surface area contributed by atoms with Gasteiger partial charge in [0.25, 0.3) is 0 Å². The maximum absolute atomic E-state index is 12.9. The maximum Gasteiger partial charge on any atom is 0.338 e. The number of allylic oxidation sites excluding steroid dienone is 1. The van der Waals surface area contributed by atoms with Gasteiger partial charge in [0.15, 0.2) is 5.11 Å². The Kier molecular flexibility index (Phi) is 6.18. The van der Waals surface area contributed by atoms with Crippen LogP contribution in [0.5, 0.6) is 5.75 Å². The lowest BCUT2D eigenvalue weighted by atomic mass is 9.90. The van der Waals surface area contributed by atoms with E-state index in [2.05, 4.69) is 10.6 Å². The molecule has 6 heteroatoms. The first-order chi connectivity index (χ1) is 15.1. The van der Waals surface area contributed by atoms with E-state index in [0.717, 1.165) is 21.9 Å². The molecule has 3 aromatic rings. The molecule has 0 spiro atoms. The Labute approximate surface area is 187 Å². The van der Waals surface area contributed by atoms with Crippen molar-refractivity contribution in [2.24, 2.45) is 0 Å². The van der Waals surface area contributed by atoms with Crippen molar-refractivity contribution in [2.75, 3.05) is 6.61 Å². The lowest BCUT2D eigenvalue weighted by molar-refractivity contribution is -0.139.